The second kappa shape index (κ2) is 2.73. The average Bonchev–Trinajstić information content (AvgIpc) is 1.21. The van der Waals surface area contributed by atoms with Crippen LogP contribution in [0.2, 0.25) is 0 Å². The number of halogens is 3. The fourth-order valence-corrected chi connectivity index (χ4v) is 0.641. The maximum atomic E-state index is 11.7. The Morgan fingerprint density at radius 3 is 1.88 bits per heavy atom. The molecule has 0 amide bonds. The molecule has 0 atom stereocenters. The van der Waals surface area contributed by atoms with Crippen molar-refractivity contribution in [2.45, 2.75) is 25.0 Å². The Morgan fingerprint density at radius 1 is 1.50 bits per heavy atom. The average molecular weight is 189 g/mol. The Kier molecular flexibility index (Phi) is 2.83. The molecule has 50 valence electrons. The predicted octanol–water partition coefficient (Wildman–Crippen LogP) is 2.36. The van der Waals surface area contributed by atoms with Gasteiger partial charge in [0.05, 0.1) is 6.10 Å². The van der Waals surface area contributed by atoms with Crippen molar-refractivity contribution < 1.29 is 13.5 Å². The van der Waals surface area contributed by atoms with Crippen LogP contribution in [0.3, 0.4) is 0 Å². The number of rotatable bonds is 2. The van der Waals surface area contributed by atoms with Crippen molar-refractivity contribution in [1.82, 2.24) is 0 Å². The van der Waals surface area contributed by atoms with E-state index in [0.717, 1.165) is 0 Å². The molecular weight excluding hydrogens is 182 g/mol. The normalized spacial score (nSPS) is 12.8. The molecule has 0 aromatic rings. The molecule has 0 aromatic heterocycles. The summed E-state index contributed by atoms with van der Waals surface area (Å²) in [5, 5.41) is -3.17. The van der Waals surface area contributed by atoms with Crippen molar-refractivity contribution in [2.75, 3.05) is 0 Å². The van der Waals surface area contributed by atoms with Gasteiger partial charge in [0, 0.05) is 15.9 Å². The Morgan fingerprint density at radius 2 is 1.88 bits per heavy atom. The summed E-state index contributed by atoms with van der Waals surface area (Å²) in [7, 11) is 0. The molecule has 0 fully saturated rings. The van der Waals surface area contributed by atoms with Gasteiger partial charge in [0.15, 0.2) is 0 Å². The van der Waals surface area contributed by atoms with E-state index in [0.29, 0.717) is 0 Å². The molecule has 0 heterocycles. The molecule has 0 spiro atoms. The summed E-state index contributed by atoms with van der Waals surface area (Å²) in [5.74, 6) is 0. The highest BCUT2D eigenvalue weighted by Gasteiger charge is 2.25. The smallest absolute Gasteiger partial charge is 0.308 e. The van der Waals surface area contributed by atoms with Gasteiger partial charge in [-0.25, -0.2) is 0 Å². The lowest BCUT2D eigenvalue weighted by atomic mass is 10.5. The van der Waals surface area contributed by atoms with Crippen molar-refractivity contribution in [1.29, 1.82) is 0 Å². The van der Waals surface area contributed by atoms with Crippen LogP contribution >= 0.6 is 15.9 Å². The molecule has 0 unspecified atom stereocenters. The fraction of sp³-hybridized carbons (Fsp3) is 1.00. The molecule has 0 aliphatic heterocycles. The highest BCUT2D eigenvalue weighted by molar-refractivity contribution is 9.09. The van der Waals surface area contributed by atoms with E-state index in [1.165, 1.54) is 13.8 Å². The predicted molar refractivity (Wildman–Crippen MR) is 30.1 cm³/mol. The van der Waals surface area contributed by atoms with Gasteiger partial charge in [-0.3, -0.25) is 0 Å². The highest BCUT2D eigenvalue weighted by atomic mass is 79.9. The van der Waals surface area contributed by atoms with Crippen LogP contribution in [0.25, 0.3) is 0 Å². The van der Waals surface area contributed by atoms with Gasteiger partial charge in [-0.05, 0) is 13.8 Å². The second-order valence-corrected chi connectivity index (χ2v) is 2.54. The maximum Gasteiger partial charge on any atom is 0.414 e. The SMILES string of the molecule is CC(C)OC(F)(F)Br. The molecule has 8 heavy (non-hydrogen) atoms. The number of ether oxygens (including phenoxy) is 1. The van der Waals surface area contributed by atoms with Crippen LogP contribution in [0, 0.1) is 0 Å². The molecule has 0 N–H and O–H groups in total. The number of hydrogen-bond acceptors (Lipinski definition) is 1. The van der Waals surface area contributed by atoms with E-state index in [1.807, 2.05) is 15.9 Å². The maximum absolute atomic E-state index is 11.7. The summed E-state index contributed by atoms with van der Waals surface area (Å²) in [6.45, 7) is 3.07. The third-order valence-electron chi connectivity index (χ3n) is 0.369. The number of alkyl halides is 3. The Bertz CT molecular complexity index is 68.9. The topological polar surface area (TPSA) is 9.23 Å². The van der Waals surface area contributed by atoms with Crippen molar-refractivity contribution in [2.24, 2.45) is 0 Å². The van der Waals surface area contributed by atoms with Crippen LogP contribution in [0.5, 0.6) is 0 Å². The van der Waals surface area contributed by atoms with Gasteiger partial charge in [-0.1, -0.05) is 0 Å². The Labute approximate surface area is 55.1 Å². The van der Waals surface area contributed by atoms with Crippen molar-refractivity contribution in [3.8, 4) is 0 Å². The fourth-order valence-electron chi connectivity index (χ4n) is 0.267. The van der Waals surface area contributed by atoms with Crippen LogP contribution in [0.15, 0.2) is 0 Å². The first-order valence-electron chi connectivity index (χ1n) is 2.16. The van der Waals surface area contributed by atoms with E-state index >= 15 is 0 Å². The van der Waals surface area contributed by atoms with E-state index in [1.54, 1.807) is 0 Å². The zero-order valence-corrected chi connectivity index (χ0v) is 6.21. The zero-order chi connectivity index (χ0) is 6.78. The van der Waals surface area contributed by atoms with Crippen LogP contribution in [-0.2, 0) is 4.74 Å². The highest BCUT2D eigenvalue weighted by Crippen LogP contribution is 2.24. The largest absolute Gasteiger partial charge is 0.414 e. The number of hydrogen-bond donors (Lipinski definition) is 0. The summed E-state index contributed by atoms with van der Waals surface area (Å²) in [6, 6.07) is 0. The lowest BCUT2D eigenvalue weighted by molar-refractivity contribution is -0.178. The summed E-state index contributed by atoms with van der Waals surface area (Å²) in [4.78, 5) is 0. The zero-order valence-electron chi connectivity index (χ0n) is 4.62. The van der Waals surface area contributed by atoms with E-state index < -0.39 is 11.1 Å². The molecule has 0 saturated carbocycles. The third-order valence-corrected chi connectivity index (χ3v) is 0.556. The molecule has 0 aliphatic carbocycles. The minimum absolute atomic E-state index is 0.454. The summed E-state index contributed by atoms with van der Waals surface area (Å²) in [6.07, 6.45) is -0.454. The lowest BCUT2D eigenvalue weighted by Gasteiger charge is -2.11. The Hall–Kier alpha value is 0.300. The molecule has 0 bridgehead atoms. The summed E-state index contributed by atoms with van der Waals surface area (Å²) >= 11 is 2.02. The first-order chi connectivity index (χ1) is 3.42. The van der Waals surface area contributed by atoms with Crippen molar-refractivity contribution >= 4 is 15.9 Å². The van der Waals surface area contributed by atoms with Crippen LogP contribution < -0.4 is 0 Å². The molecule has 0 radical (unpaired) electrons. The van der Waals surface area contributed by atoms with Crippen molar-refractivity contribution in [3.05, 3.63) is 0 Å². The molecule has 0 saturated heterocycles. The Balaban J connectivity index is 3.39. The first kappa shape index (κ1) is 8.30. The van der Waals surface area contributed by atoms with Gasteiger partial charge >= 0.3 is 5.02 Å². The molecule has 1 nitrogen and oxygen atoms in total. The van der Waals surface area contributed by atoms with Crippen LogP contribution in [-0.4, -0.2) is 11.1 Å². The van der Waals surface area contributed by atoms with Gasteiger partial charge in [-0.15, -0.1) is 0 Å². The van der Waals surface area contributed by atoms with Crippen LogP contribution in [0.4, 0.5) is 8.78 Å². The first-order valence-corrected chi connectivity index (χ1v) is 2.95. The minimum atomic E-state index is -3.17. The van der Waals surface area contributed by atoms with Gasteiger partial charge < -0.3 is 4.74 Å². The summed E-state index contributed by atoms with van der Waals surface area (Å²) in [5.41, 5.74) is 0. The van der Waals surface area contributed by atoms with Gasteiger partial charge in [-0.2, -0.15) is 8.78 Å². The molecule has 0 rings (SSSR count). The monoisotopic (exact) mass is 188 g/mol. The molecular formula is C4H7BrF2O. The molecule has 0 aliphatic rings. The minimum Gasteiger partial charge on any atom is -0.308 e. The van der Waals surface area contributed by atoms with Crippen LogP contribution in [0.1, 0.15) is 13.8 Å². The van der Waals surface area contributed by atoms with Gasteiger partial charge in [0.1, 0.15) is 0 Å². The van der Waals surface area contributed by atoms with Crippen molar-refractivity contribution in [3.63, 3.8) is 0 Å². The molecule has 4 heteroatoms. The van der Waals surface area contributed by atoms with E-state index in [4.69, 9.17) is 0 Å². The molecule has 0 aromatic carbocycles. The van der Waals surface area contributed by atoms with Gasteiger partial charge in [0.25, 0.3) is 0 Å². The van der Waals surface area contributed by atoms with E-state index in [9.17, 15) is 8.78 Å². The quantitative estimate of drug-likeness (QED) is 0.605. The lowest BCUT2D eigenvalue weighted by Crippen LogP contribution is -2.16. The van der Waals surface area contributed by atoms with Gasteiger partial charge in [0.2, 0.25) is 0 Å². The summed E-state index contributed by atoms with van der Waals surface area (Å²) < 4.78 is 27.4. The van der Waals surface area contributed by atoms with E-state index in [2.05, 4.69) is 4.74 Å². The third kappa shape index (κ3) is 6.30. The van der Waals surface area contributed by atoms with E-state index in [-0.39, 0.29) is 0 Å². The second-order valence-electron chi connectivity index (χ2n) is 1.61. The standard InChI is InChI=1S/C4H7BrF2O/c1-3(2)8-4(5,6)7/h3H,1-2H3.